The lowest BCUT2D eigenvalue weighted by atomic mass is 10.1. The van der Waals surface area contributed by atoms with Gasteiger partial charge >= 0.3 is 5.97 Å². The lowest BCUT2D eigenvalue weighted by Crippen LogP contribution is -2.39. The molecule has 0 amide bonds. The quantitative estimate of drug-likeness (QED) is 0.677. The zero-order valence-corrected chi connectivity index (χ0v) is 11.3. The van der Waals surface area contributed by atoms with Crippen LogP contribution >= 0.6 is 11.6 Å². The first-order chi connectivity index (χ1) is 8.19. The number of carbonyl (C=O) groups excluding carboxylic acids is 1. The van der Waals surface area contributed by atoms with E-state index in [0.29, 0.717) is 0 Å². The summed E-state index contributed by atoms with van der Waals surface area (Å²) in [5.74, 6) is -1.14. The maximum atomic E-state index is 13.4. The van der Waals surface area contributed by atoms with E-state index in [1.54, 1.807) is 20.8 Å². The van der Waals surface area contributed by atoms with Gasteiger partial charge in [0.2, 0.25) is 0 Å². The average Bonchev–Trinajstić information content (AvgIpc) is 2.21. The molecule has 0 aliphatic rings. The molecule has 0 spiro atoms. The molecule has 6 heteroatoms. The van der Waals surface area contributed by atoms with Gasteiger partial charge in [-0.3, -0.25) is 4.79 Å². The molecule has 0 aliphatic carbocycles. The van der Waals surface area contributed by atoms with Crippen LogP contribution in [-0.2, 0) is 16.0 Å². The molecule has 1 heterocycles. The van der Waals surface area contributed by atoms with Crippen LogP contribution in [0, 0.1) is 5.82 Å². The molecule has 0 radical (unpaired) electrons. The molecule has 1 atom stereocenters. The highest BCUT2D eigenvalue weighted by Crippen LogP contribution is 2.13. The van der Waals surface area contributed by atoms with Gasteiger partial charge in [0.15, 0.2) is 0 Å². The Morgan fingerprint density at radius 1 is 1.56 bits per heavy atom. The SMILES string of the molecule is CC(C)(C)OC(=O)[C@H](N)Cc1nc(Cl)ccc1F. The molecule has 0 saturated heterocycles. The summed E-state index contributed by atoms with van der Waals surface area (Å²) >= 11 is 5.65. The van der Waals surface area contributed by atoms with E-state index >= 15 is 0 Å². The fourth-order valence-corrected chi connectivity index (χ4v) is 1.43. The van der Waals surface area contributed by atoms with Gasteiger partial charge in [0.25, 0.3) is 0 Å². The van der Waals surface area contributed by atoms with E-state index < -0.39 is 23.4 Å². The summed E-state index contributed by atoms with van der Waals surface area (Å²) in [5, 5.41) is 0.155. The largest absolute Gasteiger partial charge is 0.459 e. The molecular formula is C12H16ClFN2O2. The molecule has 18 heavy (non-hydrogen) atoms. The summed E-state index contributed by atoms with van der Waals surface area (Å²) in [6.07, 6.45) is -0.0543. The molecular weight excluding hydrogens is 259 g/mol. The van der Waals surface area contributed by atoms with Crippen molar-refractivity contribution in [3.05, 3.63) is 28.8 Å². The van der Waals surface area contributed by atoms with Crippen LogP contribution in [-0.4, -0.2) is 22.6 Å². The van der Waals surface area contributed by atoms with Gasteiger partial charge < -0.3 is 10.5 Å². The fourth-order valence-electron chi connectivity index (χ4n) is 1.27. The van der Waals surface area contributed by atoms with Crippen LogP contribution in [0.3, 0.4) is 0 Å². The van der Waals surface area contributed by atoms with Crippen molar-refractivity contribution in [2.24, 2.45) is 5.73 Å². The van der Waals surface area contributed by atoms with Crippen molar-refractivity contribution in [1.82, 2.24) is 4.98 Å². The average molecular weight is 275 g/mol. The third kappa shape index (κ3) is 4.58. The van der Waals surface area contributed by atoms with Crippen LogP contribution in [0.5, 0.6) is 0 Å². The van der Waals surface area contributed by atoms with Gasteiger partial charge in [-0.25, -0.2) is 9.37 Å². The minimum Gasteiger partial charge on any atom is -0.459 e. The van der Waals surface area contributed by atoms with Crippen molar-refractivity contribution in [1.29, 1.82) is 0 Å². The number of ether oxygens (including phenoxy) is 1. The first kappa shape index (κ1) is 14.9. The second-order valence-corrected chi connectivity index (χ2v) is 5.29. The predicted molar refractivity (Wildman–Crippen MR) is 66.7 cm³/mol. The van der Waals surface area contributed by atoms with Gasteiger partial charge in [-0.1, -0.05) is 11.6 Å². The maximum absolute atomic E-state index is 13.4. The highest BCUT2D eigenvalue weighted by atomic mass is 35.5. The van der Waals surface area contributed by atoms with Gasteiger partial charge in [-0.15, -0.1) is 0 Å². The van der Waals surface area contributed by atoms with E-state index in [2.05, 4.69) is 4.98 Å². The Labute approximate surface area is 110 Å². The number of aromatic nitrogens is 1. The Morgan fingerprint density at radius 2 is 2.17 bits per heavy atom. The van der Waals surface area contributed by atoms with Gasteiger partial charge in [0.05, 0.1) is 5.69 Å². The summed E-state index contributed by atoms with van der Waals surface area (Å²) in [4.78, 5) is 15.4. The highest BCUT2D eigenvalue weighted by Gasteiger charge is 2.23. The van der Waals surface area contributed by atoms with Crippen LogP contribution < -0.4 is 5.73 Å². The van der Waals surface area contributed by atoms with Crippen molar-refractivity contribution < 1.29 is 13.9 Å². The van der Waals surface area contributed by atoms with Crippen LogP contribution in [0.4, 0.5) is 4.39 Å². The van der Waals surface area contributed by atoms with Crippen LogP contribution in [0.25, 0.3) is 0 Å². The van der Waals surface area contributed by atoms with Crippen molar-refractivity contribution in [3.63, 3.8) is 0 Å². The van der Waals surface area contributed by atoms with Crippen LogP contribution in [0.15, 0.2) is 12.1 Å². The second-order valence-electron chi connectivity index (χ2n) is 4.91. The van der Waals surface area contributed by atoms with E-state index in [1.807, 2.05) is 0 Å². The third-order valence-corrected chi connectivity index (χ3v) is 2.22. The topological polar surface area (TPSA) is 65.2 Å². The molecule has 0 aromatic carbocycles. The van der Waals surface area contributed by atoms with E-state index in [4.69, 9.17) is 22.1 Å². The minimum absolute atomic E-state index is 0.0543. The van der Waals surface area contributed by atoms with Crippen molar-refractivity contribution in [2.45, 2.75) is 38.8 Å². The Bertz CT molecular complexity index is 446. The summed E-state index contributed by atoms with van der Waals surface area (Å²) in [6.45, 7) is 5.20. The normalized spacial score (nSPS) is 13.2. The van der Waals surface area contributed by atoms with Gasteiger partial charge in [0.1, 0.15) is 22.6 Å². The lowest BCUT2D eigenvalue weighted by molar-refractivity contribution is -0.156. The Morgan fingerprint density at radius 3 is 2.72 bits per heavy atom. The maximum Gasteiger partial charge on any atom is 0.323 e. The number of nitrogens with zero attached hydrogens (tertiary/aromatic N) is 1. The molecule has 4 nitrogen and oxygen atoms in total. The molecule has 1 aromatic heterocycles. The summed E-state index contributed by atoms with van der Waals surface area (Å²) in [6, 6.07) is 1.55. The highest BCUT2D eigenvalue weighted by molar-refractivity contribution is 6.29. The zero-order chi connectivity index (χ0) is 13.9. The molecule has 0 saturated carbocycles. The number of hydrogen-bond acceptors (Lipinski definition) is 4. The summed E-state index contributed by atoms with van der Waals surface area (Å²) < 4.78 is 18.5. The Kier molecular flexibility index (Phi) is 4.65. The molecule has 0 fully saturated rings. The second kappa shape index (κ2) is 5.63. The molecule has 2 N–H and O–H groups in total. The monoisotopic (exact) mass is 274 g/mol. The Balaban J connectivity index is 2.72. The van der Waals surface area contributed by atoms with E-state index in [9.17, 15) is 9.18 Å². The van der Waals surface area contributed by atoms with Crippen molar-refractivity contribution >= 4 is 17.6 Å². The summed E-state index contributed by atoms with van der Waals surface area (Å²) in [7, 11) is 0. The molecule has 0 aliphatic heterocycles. The fraction of sp³-hybridized carbons (Fsp3) is 0.500. The number of esters is 1. The number of pyridine rings is 1. The van der Waals surface area contributed by atoms with Crippen molar-refractivity contribution in [2.75, 3.05) is 0 Å². The zero-order valence-electron chi connectivity index (χ0n) is 10.5. The summed E-state index contributed by atoms with van der Waals surface area (Å²) in [5.41, 5.74) is 5.08. The van der Waals surface area contributed by atoms with Gasteiger partial charge in [0, 0.05) is 6.42 Å². The van der Waals surface area contributed by atoms with E-state index in [-0.39, 0.29) is 17.3 Å². The van der Waals surface area contributed by atoms with Gasteiger partial charge in [-0.05, 0) is 32.9 Å². The van der Waals surface area contributed by atoms with Gasteiger partial charge in [-0.2, -0.15) is 0 Å². The molecule has 0 bridgehead atoms. The minimum atomic E-state index is -0.968. The smallest absolute Gasteiger partial charge is 0.323 e. The number of halogens is 2. The van der Waals surface area contributed by atoms with Crippen LogP contribution in [0.2, 0.25) is 5.15 Å². The van der Waals surface area contributed by atoms with E-state index in [0.717, 1.165) is 0 Å². The standard InChI is InChI=1S/C12H16ClFN2O2/c1-12(2,3)18-11(17)8(15)6-9-7(14)4-5-10(13)16-9/h4-5,8H,6,15H2,1-3H3/t8-/m1/s1. The first-order valence-electron chi connectivity index (χ1n) is 5.48. The number of carbonyl (C=O) groups is 1. The van der Waals surface area contributed by atoms with Crippen molar-refractivity contribution in [3.8, 4) is 0 Å². The lowest BCUT2D eigenvalue weighted by Gasteiger charge is -2.22. The molecule has 100 valence electrons. The van der Waals surface area contributed by atoms with Crippen LogP contribution in [0.1, 0.15) is 26.5 Å². The predicted octanol–water partition coefficient (Wildman–Crippen LogP) is 2.09. The molecule has 1 aromatic rings. The Hall–Kier alpha value is -1.20. The number of rotatable bonds is 3. The van der Waals surface area contributed by atoms with E-state index in [1.165, 1.54) is 12.1 Å². The number of hydrogen-bond donors (Lipinski definition) is 1. The molecule has 1 rings (SSSR count). The molecule has 0 unspecified atom stereocenters. The number of nitrogens with two attached hydrogens (primary N) is 1. The third-order valence-electron chi connectivity index (χ3n) is 2.01. The first-order valence-corrected chi connectivity index (χ1v) is 5.86.